The average molecular weight is 280 g/mol. The number of aliphatic hydroxyl groups is 1. The lowest BCUT2D eigenvalue weighted by Gasteiger charge is -2.46. The van der Waals surface area contributed by atoms with Gasteiger partial charge in [0.2, 0.25) is 0 Å². The van der Waals surface area contributed by atoms with Crippen LogP contribution >= 0.6 is 0 Å². The molecule has 0 radical (unpaired) electrons. The molecule has 2 aliphatic rings. The normalized spacial score (nSPS) is 26.1. The molecule has 20 heavy (non-hydrogen) atoms. The maximum Gasteiger partial charge on any atom is 0.132 e. The molecule has 0 aromatic heterocycles. The molecule has 1 aromatic carbocycles. The minimum absolute atomic E-state index is 0.0288. The zero-order valence-electron chi connectivity index (χ0n) is 11.8. The molecule has 2 fully saturated rings. The molecule has 2 atom stereocenters. The molecule has 3 nitrogen and oxygen atoms in total. The van der Waals surface area contributed by atoms with Gasteiger partial charge in [-0.2, -0.15) is 0 Å². The van der Waals surface area contributed by atoms with E-state index in [0.29, 0.717) is 11.3 Å². The third-order valence-electron chi connectivity index (χ3n) is 4.44. The summed E-state index contributed by atoms with van der Waals surface area (Å²) >= 11 is 0. The van der Waals surface area contributed by atoms with Crippen molar-refractivity contribution in [2.45, 2.75) is 56.8 Å². The number of halogens is 1. The monoisotopic (exact) mass is 280 g/mol. The molecule has 1 saturated carbocycles. The number of rotatable bonds is 3. The molecule has 1 unspecified atom stereocenters. The predicted molar refractivity (Wildman–Crippen MR) is 73.2 cm³/mol. The maximum atomic E-state index is 13.8. The summed E-state index contributed by atoms with van der Waals surface area (Å²) in [6.45, 7) is 2.27. The summed E-state index contributed by atoms with van der Waals surface area (Å²) in [7, 11) is 0. The SMILES string of the molecule is C[C@H](O)c1ccc(OC2CCOC3(CCC3)C2)cc1F. The highest BCUT2D eigenvalue weighted by molar-refractivity contribution is 5.30. The molecule has 1 aromatic rings. The van der Waals surface area contributed by atoms with Gasteiger partial charge in [-0.05, 0) is 38.3 Å². The highest BCUT2D eigenvalue weighted by Crippen LogP contribution is 2.43. The van der Waals surface area contributed by atoms with Crippen LogP contribution in [0.15, 0.2) is 18.2 Å². The van der Waals surface area contributed by atoms with Gasteiger partial charge in [-0.25, -0.2) is 4.39 Å². The van der Waals surface area contributed by atoms with Crippen molar-refractivity contribution in [3.8, 4) is 5.75 Å². The van der Waals surface area contributed by atoms with Gasteiger partial charge in [0.1, 0.15) is 17.7 Å². The largest absolute Gasteiger partial charge is 0.490 e. The number of hydrogen-bond donors (Lipinski definition) is 1. The van der Waals surface area contributed by atoms with Crippen LogP contribution in [0.5, 0.6) is 5.75 Å². The molecule has 1 N–H and O–H groups in total. The van der Waals surface area contributed by atoms with Crippen molar-refractivity contribution in [3.63, 3.8) is 0 Å². The first kappa shape index (κ1) is 13.8. The van der Waals surface area contributed by atoms with Crippen LogP contribution in [-0.4, -0.2) is 23.4 Å². The van der Waals surface area contributed by atoms with Crippen molar-refractivity contribution in [2.24, 2.45) is 0 Å². The van der Waals surface area contributed by atoms with Crippen molar-refractivity contribution >= 4 is 0 Å². The van der Waals surface area contributed by atoms with Gasteiger partial charge in [-0.3, -0.25) is 0 Å². The quantitative estimate of drug-likeness (QED) is 0.922. The fraction of sp³-hybridized carbons (Fsp3) is 0.625. The standard InChI is InChI=1S/C16H21FO3/c1-11(18)14-4-3-12(9-15(14)17)20-13-5-8-19-16(10-13)6-2-7-16/h3-4,9,11,13,18H,2,5-8,10H2,1H3/t11-,13?/m0/s1. The molecule has 1 saturated heterocycles. The lowest BCUT2D eigenvalue weighted by atomic mass is 9.74. The summed E-state index contributed by atoms with van der Waals surface area (Å²) in [6, 6.07) is 4.69. The topological polar surface area (TPSA) is 38.7 Å². The third-order valence-corrected chi connectivity index (χ3v) is 4.44. The van der Waals surface area contributed by atoms with E-state index in [0.717, 1.165) is 32.3 Å². The number of hydrogen-bond acceptors (Lipinski definition) is 3. The molecule has 1 heterocycles. The van der Waals surface area contributed by atoms with Gasteiger partial charge in [-0.1, -0.05) is 0 Å². The summed E-state index contributed by atoms with van der Waals surface area (Å²) in [5, 5.41) is 9.43. The second kappa shape index (κ2) is 5.34. The van der Waals surface area contributed by atoms with Crippen molar-refractivity contribution in [3.05, 3.63) is 29.6 Å². The summed E-state index contributed by atoms with van der Waals surface area (Å²) in [5.41, 5.74) is 0.334. The Bertz CT molecular complexity index is 483. The zero-order chi connectivity index (χ0) is 14.2. The Labute approximate surface area is 118 Å². The van der Waals surface area contributed by atoms with Gasteiger partial charge in [0.25, 0.3) is 0 Å². The van der Waals surface area contributed by atoms with E-state index < -0.39 is 11.9 Å². The van der Waals surface area contributed by atoms with Gasteiger partial charge < -0.3 is 14.6 Å². The van der Waals surface area contributed by atoms with Crippen LogP contribution < -0.4 is 4.74 Å². The zero-order valence-corrected chi connectivity index (χ0v) is 11.8. The molecule has 0 bridgehead atoms. The second-order valence-electron chi connectivity index (χ2n) is 5.98. The van der Waals surface area contributed by atoms with E-state index in [1.165, 1.54) is 12.5 Å². The second-order valence-corrected chi connectivity index (χ2v) is 5.98. The van der Waals surface area contributed by atoms with Gasteiger partial charge in [-0.15, -0.1) is 0 Å². The third kappa shape index (κ3) is 2.67. The van der Waals surface area contributed by atoms with E-state index in [-0.39, 0.29) is 11.7 Å². The van der Waals surface area contributed by atoms with Gasteiger partial charge in [0, 0.05) is 24.5 Å². The fourth-order valence-corrected chi connectivity index (χ4v) is 3.12. The van der Waals surface area contributed by atoms with E-state index in [2.05, 4.69) is 0 Å². The highest BCUT2D eigenvalue weighted by atomic mass is 19.1. The molecule has 1 spiro atoms. The highest BCUT2D eigenvalue weighted by Gasteiger charge is 2.43. The lowest BCUT2D eigenvalue weighted by molar-refractivity contribution is -0.153. The van der Waals surface area contributed by atoms with Crippen molar-refractivity contribution in [1.82, 2.24) is 0 Å². The van der Waals surface area contributed by atoms with Crippen LogP contribution in [-0.2, 0) is 4.74 Å². The smallest absolute Gasteiger partial charge is 0.132 e. The van der Waals surface area contributed by atoms with Crippen LogP contribution in [0.4, 0.5) is 4.39 Å². The predicted octanol–water partition coefficient (Wildman–Crippen LogP) is 3.36. The van der Waals surface area contributed by atoms with Gasteiger partial charge in [0.05, 0.1) is 18.3 Å². The van der Waals surface area contributed by atoms with Crippen molar-refractivity contribution in [1.29, 1.82) is 0 Å². The summed E-state index contributed by atoms with van der Waals surface area (Å²) < 4.78 is 25.6. The Kier molecular flexibility index (Phi) is 3.69. The summed E-state index contributed by atoms with van der Waals surface area (Å²) in [5.74, 6) is 0.121. The van der Waals surface area contributed by atoms with Crippen LogP contribution in [0.1, 0.15) is 50.7 Å². The maximum absolute atomic E-state index is 13.8. The first-order valence-corrected chi connectivity index (χ1v) is 7.36. The fourth-order valence-electron chi connectivity index (χ4n) is 3.12. The molecule has 110 valence electrons. The van der Waals surface area contributed by atoms with Crippen LogP contribution in [0.2, 0.25) is 0 Å². The van der Waals surface area contributed by atoms with E-state index in [4.69, 9.17) is 9.47 Å². The Morgan fingerprint density at radius 2 is 2.25 bits per heavy atom. The van der Waals surface area contributed by atoms with Crippen LogP contribution in [0.25, 0.3) is 0 Å². The minimum atomic E-state index is -0.801. The Morgan fingerprint density at radius 1 is 1.45 bits per heavy atom. The minimum Gasteiger partial charge on any atom is -0.490 e. The summed E-state index contributed by atoms with van der Waals surface area (Å²) in [6.07, 6.45) is 4.49. The molecular formula is C16H21FO3. The lowest BCUT2D eigenvalue weighted by Crippen LogP contribution is -2.48. The molecule has 3 rings (SSSR count). The summed E-state index contributed by atoms with van der Waals surface area (Å²) in [4.78, 5) is 0. The number of benzene rings is 1. The van der Waals surface area contributed by atoms with Crippen molar-refractivity contribution < 1.29 is 19.0 Å². The molecule has 1 aliphatic heterocycles. The number of ether oxygens (including phenoxy) is 2. The number of aliphatic hydroxyl groups excluding tert-OH is 1. The Balaban J connectivity index is 1.67. The first-order valence-electron chi connectivity index (χ1n) is 7.36. The van der Waals surface area contributed by atoms with Crippen LogP contribution in [0, 0.1) is 5.82 Å². The Hall–Kier alpha value is -1.13. The first-order chi connectivity index (χ1) is 9.58. The Morgan fingerprint density at radius 3 is 2.85 bits per heavy atom. The van der Waals surface area contributed by atoms with E-state index in [1.807, 2.05) is 0 Å². The van der Waals surface area contributed by atoms with Crippen LogP contribution in [0.3, 0.4) is 0 Å². The molecule has 4 heteroatoms. The average Bonchev–Trinajstić information content (AvgIpc) is 2.37. The van der Waals surface area contributed by atoms with E-state index >= 15 is 0 Å². The molecular weight excluding hydrogens is 259 g/mol. The van der Waals surface area contributed by atoms with Gasteiger partial charge in [0.15, 0.2) is 0 Å². The van der Waals surface area contributed by atoms with E-state index in [9.17, 15) is 9.50 Å². The van der Waals surface area contributed by atoms with E-state index in [1.54, 1.807) is 19.1 Å². The van der Waals surface area contributed by atoms with Gasteiger partial charge >= 0.3 is 0 Å². The molecule has 1 aliphatic carbocycles. The molecule has 0 amide bonds. The van der Waals surface area contributed by atoms with Crippen molar-refractivity contribution in [2.75, 3.05) is 6.61 Å².